The molecule has 9 heavy (non-hydrogen) atoms. The number of esters is 1. The summed E-state index contributed by atoms with van der Waals surface area (Å²) in [6.07, 6.45) is 4.85. The number of hydrogen-bond donors (Lipinski definition) is 1. The summed E-state index contributed by atoms with van der Waals surface area (Å²) in [6, 6.07) is 0. The number of aliphatic hydroxyl groups excluding tert-OH is 1. The lowest BCUT2D eigenvalue weighted by Crippen LogP contribution is -2.17. The molecule has 0 rings (SSSR count). The van der Waals surface area contributed by atoms with Gasteiger partial charge >= 0.3 is 5.97 Å². The van der Waals surface area contributed by atoms with E-state index in [9.17, 15) is 4.79 Å². The van der Waals surface area contributed by atoms with Crippen molar-refractivity contribution in [1.82, 2.24) is 0 Å². The number of ether oxygens (including phenoxy) is 1. The highest BCUT2D eigenvalue weighted by Crippen LogP contribution is 1.93. The number of hydrogen-bond acceptors (Lipinski definition) is 3. The van der Waals surface area contributed by atoms with E-state index in [0.29, 0.717) is 0 Å². The van der Waals surface area contributed by atoms with Crippen LogP contribution in [0.25, 0.3) is 0 Å². The van der Waals surface area contributed by atoms with Crippen LogP contribution in [0.4, 0.5) is 0 Å². The fourth-order valence-electron chi connectivity index (χ4n) is 0.338. The lowest BCUT2D eigenvalue weighted by molar-refractivity contribution is -0.144. The molecule has 0 aliphatic carbocycles. The number of aliphatic hydroxyl groups is 1. The highest BCUT2D eigenvalue weighted by molar-refractivity contribution is 5.75. The van der Waals surface area contributed by atoms with Crippen molar-refractivity contribution in [2.75, 3.05) is 13.7 Å². The molecule has 0 amide bonds. The van der Waals surface area contributed by atoms with Gasteiger partial charge in [0.1, 0.15) is 5.92 Å². The van der Waals surface area contributed by atoms with E-state index in [1.165, 1.54) is 7.11 Å². The van der Waals surface area contributed by atoms with Gasteiger partial charge in [0.05, 0.1) is 13.7 Å². The van der Waals surface area contributed by atoms with Gasteiger partial charge in [0.25, 0.3) is 0 Å². The van der Waals surface area contributed by atoms with Crippen LogP contribution in [-0.2, 0) is 9.53 Å². The molecule has 0 fully saturated rings. The van der Waals surface area contributed by atoms with Crippen LogP contribution >= 0.6 is 0 Å². The summed E-state index contributed by atoms with van der Waals surface area (Å²) in [6.45, 7) is -0.358. The second-order valence-corrected chi connectivity index (χ2v) is 1.42. The van der Waals surface area contributed by atoms with Crippen molar-refractivity contribution < 1.29 is 14.6 Å². The monoisotopic (exact) mass is 128 g/mol. The van der Waals surface area contributed by atoms with Crippen LogP contribution in [0.2, 0.25) is 0 Å². The van der Waals surface area contributed by atoms with Crippen LogP contribution in [0.1, 0.15) is 0 Å². The molecule has 0 radical (unpaired) electrons. The van der Waals surface area contributed by atoms with Crippen LogP contribution in [0.5, 0.6) is 0 Å². The lowest BCUT2D eigenvalue weighted by Gasteiger charge is -2.01. The molecule has 0 spiro atoms. The molecular weight excluding hydrogens is 120 g/mol. The highest BCUT2D eigenvalue weighted by atomic mass is 16.5. The van der Waals surface area contributed by atoms with Crippen LogP contribution < -0.4 is 0 Å². The van der Waals surface area contributed by atoms with Gasteiger partial charge in [-0.05, 0) is 0 Å². The molecule has 0 heterocycles. The molecule has 0 aliphatic rings. The summed E-state index contributed by atoms with van der Waals surface area (Å²) in [5.41, 5.74) is 0. The minimum absolute atomic E-state index is 0.358. The Morgan fingerprint density at radius 2 is 2.56 bits per heavy atom. The van der Waals surface area contributed by atoms with E-state index in [1.54, 1.807) is 0 Å². The number of carbonyl (C=O) groups is 1. The number of terminal acetylenes is 1. The molecule has 0 aromatic carbocycles. The second-order valence-electron chi connectivity index (χ2n) is 1.42. The molecule has 0 unspecified atom stereocenters. The van der Waals surface area contributed by atoms with Crippen molar-refractivity contribution >= 4 is 5.97 Å². The maximum Gasteiger partial charge on any atom is 0.323 e. The van der Waals surface area contributed by atoms with Crippen LogP contribution in [0, 0.1) is 18.3 Å². The Kier molecular flexibility index (Phi) is 3.49. The van der Waals surface area contributed by atoms with Gasteiger partial charge in [-0.1, -0.05) is 5.92 Å². The summed E-state index contributed by atoms with van der Waals surface area (Å²) >= 11 is 0. The quantitative estimate of drug-likeness (QED) is 0.399. The zero-order chi connectivity index (χ0) is 7.28. The third-order valence-electron chi connectivity index (χ3n) is 0.869. The average molecular weight is 128 g/mol. The Morgan fingerprint density at radius 1 is 2.00 bits per heavy atom. The zero-order valence-electron chi connectivity index (χ0n) is 5.13. The standard InChI is InChI=1S/C6H8O3/c1-3-5(4-7)6(8)9-2/h1,5,7H,4H2,2H3/t5-/m1/s1. The molecule has 3 heteroatoms. The van der Waals surface area contributed by atoms with Gasteiger partial charge in [-0.25, -0.2) is 0 Å². The molecule has 50 valence electrons. The summed E-state index contributed by atoms with van der Waals surface area (Å²) in [5.74, 6) is 0.698. The van der Waals surface area contributed by atoms with Gasteiger partial charge in [-0.3, -0.25) is 4.79 Å². The fraction of sp³-hybridized carbons (Fsp3) is 0.500. The fourth-order valence-corrected chi connectivity index (χ4v) is 0.338. The van der Waals surface area contributed by atoms with Crippen molar-refractivity contribution in [3.05, 3.63) is 0 Å². The minimum Gasteiger partial charge on any atom is -0.468 e. The van der Waals surface area contributed by atoms with Crippen molar-refractivity contribution in [3.63, 3.8) is 0 Å². The molecule has 3 nitrogen and oxygen atoms in total. The predicted octanol–water partition coefficient (Wildman–Crippen LogP) is -0.599. The molecule has 0 saturated heterocycles. The maximum atomic E-state index is 10.4. The van der Waals surface area contributed by atoms with Crippen LogP contribution in [-0.4, -0.2) is 24.8 Å². The largest absolute Gasteiger partial charge is 0.468 e. The summed E-state index contributed by atoms with van der Waals surface area (Å²) in [5, 5.41) is 8.38. The molecule has 0 bridgehead atoms. The van der Waals surface area contributed by atoms with E-state index in [2.05, 4.69) is 10.7 Å². The Hall–Kier alpha value is -1.01. The van der Waals surface area contributed by atoms with Gasteiger partial charge in [-0.2, -0.15) is 0 Å². The number of rotatable bonds is 2. The lowest BCUT2D eigenvalue weighted by atomic mass is 10.2. The molecule has 0 aliphatic heterocycles. The smallest absolute Gasteiger partial charge is 0.323 e. The second kappa shape index (κ2) is 3.93. The predicted molar refractivity (Wildman–Crippen MR) is 31.4 cm³/mol. The van der Waals surface area contributed by atoms with E-state index in [1.807, 2.05) is 0 Å². The third-order valence-corrected chi connectivity index (χ3v) is 0.869. The summed E-state index contributed by atoms with van der Waals surface area (Å²) < 4.78 is 4.25. The van der Waals surface area contributed by atoms with E-state index >= 15 is 0 Å². The van der Waals surface area contributed by atoms with Crippen molar-refractivity contribution in [3.8, 4) is 12.3 Å². The zero-order valence-corrected chi connectivity index (χ0v) is 5.13. The topological polar surface area (TPSA) is 46.5 Å². The first kappa shape index (κ1) is 7.99. The van der Waals surface area contributed by atoms with E-state index in [4.69, 9.17) is 11.5 Å². The summed E-state index contributed by atoms with van der Waals surface area (Å²) in [7, 11) is 1.22. The first-order chi connectivity index (χ1) is 4.26. The van der Waals surface area contributed by atoms with Crippen molar-refractivity contribution in [2.24, 2.45) is 5.92 Å². The van der Waals surface area contributed by atoms with Gasteiger partial charge < -0.3 is 9.84 Å². The maximum absolute atomic E-state index is 10.4. The van der Waals surface area contributed by atoms with Gasteiger partial charge in [0.15, 0.2) is 0 Å². The van der Waals surface area contributed by atoms with Gasteiger partial charge in [-0.15, -0.1) is 6.42 Å². The third kappa shape index (κ3) is 2.15. The molecular formula is C6H8O3. The van der Waals surface area contributed by atoms with E-state index in [-0.39, 0.29) is 6.61 Å². The first-order valence-corrected chi connectivity index (χ1v) is 2.41. The number of methoxy groups -OCH3 is 1. The molecule has 0 aromatic heterocycles. The average Bonchev–Trinajstić information content (AvgIpc) is 1.90. The molecule has 1 N–H and O–H groups in total. The Morgan fingerprint density at radius 3 is 2.67 bits per heavy atom. The van der Waals surface area contributed by atoms with Gasteiger partial charge in [0.2, 0.25) is 0 Å². The van der Waals surface area contributed by atoms with Gasteiger partial charge in [0, 0.05) is 0 Å². The summed E-state index contributed by atoms with van der Waals surface area (Å²) in [4.78, 5) is 10.4. The van der Waals surface area contributed by atoms with Crippen LogP contribution in [0.15, 0.2) is 0 Å². The van der Waals surface area contributed by atoms with Crippen LogP contribution in [0.3, 0.4) is 0 Å². The van der Waals surface area contributed by atoms with E-state index < -0.39 is 11.9 Å². The molecule has 0 aromatic rings. The Bertz CT molecular complexity index is 134. The molecule has 1 atom stereocenters. The first-order valence-electron chi connectivity index (χ1n) is 2.41. The number of carbonyl (C=O) groups excluding carboxylic acids is 1. The molecule has 0 saturated carbocycles. The van der Waals surface area contributed by atoms with Crippen molar-refractivity contribution in [1.29, 1.82) is 0 Å². The van der Waals surface area contributed by atoms with E-state index in [0.717, 1.165) is 0 Å². The SMILES string of the molecule is C#C[C@H](CO)C(=O)OC. The highest BCUT2D eigenvalue weighted by Gasteiger charge is 2.13. The Balaban J connectivity index is 3.84. The Labute approximate surface area is 53.6 Å². The normalized spacial score (nSPS) is 11.7. The minimum atomic E-state index is -0.810. The van der Waals surface area contributed by atoms with Crippen molar-refractivity contribution in [2.45, 2.75) is 0 Å².